The topological polar surface area (TPSA) is 33.6 Å². The lowest BCUT2D eigenvalue weighted by Crippen LogP contribution is -2.10. The van der Waals surface area contributed by atoms with Crippen LogP contribution in [0.2, 0.25) is 0 Å². The standard InChI is InChI=1S/C11H12N2O/c1-14-11-4-2-9(3-5-11)10-6-12-8-13-7-10/h2-7,12H,8H2,1H3. The monoisotopic (exact) mass is 188 g/mol. The van der Waals surface area contributed by atoms with E-state index in [0.717, 1.165) is 16.9 Å². The van der Waals surface area contributed by atoms with E-state index in [1.807, 2.05) is 36.7 Å². The molecule has 1 N–H and O–H groups in total. The van der Waals surface area contributed by atoms with Gasteiger partial charge in [0, 0.05) is 18.0 Å². The summed E-state index contributed by atoms with van der Waals surface area (Å²) in [6.07, 6.45) is 3.84. The largest absolute Gasteiger partial charge is 0.497 e. The fraction of sp³-hybridized carbons (Fsp3) is 0.182. The van der Waals surface area contributed by atoms with E-state index in [9.17, 15) is 0 Å². The second-order valence-corrected chi connectivity index (χ2v) is 3.00. The number of nitrogens with zero attached hydrogens (tertiary/aromatic N) is 1. The van der Waals surface area contributed by atoms with Gasteiger partial charge in [-0.05, 0) is 17.7 Å². The maximum absolute atomic E-state index is 5.09. The second kappa shape index (κ2) is 3.96. The molecule has 1 heterocycles. The summed E-state index contributed by atoms with van der Waals surface area (Å²) < 4.78 is 5.09. The molecule has 3 heteroatoms. The maximum atomic E-state index is 5.09. The molecule has 1 aliphatic heterocycles. The first-order chi connectivity index (χ1) is 6.90. The van der Waals surface area contributed by atoms with Gasteiger partial charge < -0.3 is 10.1 Å². The zero-order valence-corrected chi connectivity index (χ0v) is 8.03. The van der Waals surface area contributed by atoms with Crippen LogP contribution in [0.5, 0.6) is 5.75 Å². The molecule has 3 nitrogen and oxygen atoms in total. The average Bonchev–Trinajstić information content (AvgIpc) is 2.30. The Hall–Kier alpha value is -1.77. The van der Waals surface area contributed by atoms with E-state index in [1.54, 1.807) is 7.11 Å². The molecule has 2 rings (SSSR count). The number of nitrogens with one attached hydrogen (secondary N) is 1. The van der Waals surface area contributed by atoms with Crippen LogP contribution in [0.25, 0.3) is 5.57 Å². The van der Waals surface area contributed by atoms with Crippen LogP contribution in [0, 0.1) is 0 Å². The highest BCUT2D eigenvalue weighted by Gasteiger charge is 2.01. The zero-order valence-electron chi connectivity index (χ0n) is 8.03. The molecule has 0 atom stereocenters. The Bertz CT molecular complexity index is 365. The predicted molar refractivity (Wildman–Crippen MR) is 57.5 cm³/mol. The normalized spacial score (nSPS) is 14.5. The minimum absolute atomic E-state index is 0.666. The summed E-state index contributed by atoms with van der Waals surface area (Å²) in [6, 6.07) is 7.92. The van der Waals surface area contributed by atoms with Gasteiger partial charge in [-0.15, -0.1) is 0 Å². The van der Waals surface area contributed by atoms with Gasteiger partial charge in [0.15, 0.2) is 0 Å². The van der Waals surface area contributed by atoms with Crippen molar-refractivity contribution in [3.63, 3.8) is 0 Å². The van der Waals surface area contributed by atoms with Crippen molar-refractivity contribution in [2.45, 2.75) is 0 Å². The Balaban J connectivity index is 2.24. The molecule has 1 aromatic carbocycles. The highest BCUT2D eigenvalue weighted by atomic mass is 16.5. The number of rotatable bonds is 2. The fourth-order valence-electron chi connectivity index (χ4n) is 1.33. The van der Waals surface area contributed by atoms with Crippen molar-refractivity contribution >= 4 is 11.8 Å². The van der Waals surface area contributed by atoms with Crippen molar-refractivity contribution in [3.8, 4) is 5.75 Å². The molecule has 14 heavy (non-hydrogen) atoms. The minimum Gasteiger partial charge on any atom is -0.497 e. The molecule has 72 valence electrons. The maximum Gasteiger partial charge on any atom is 0.118 e. The van der Waals surface area contributed by atoms with E-state index in [0.29, 0.717) is 6.67 Å². The summed E-state index contributed by atoms with van der Waals surface area (Å²) in [5.41, 5.74) is 2.24. The Morgan fingerprint density at radius 2 is 2.07 bits per heavy atom. The van der Waals surface area contributed by atoms with Crippen LogP contribution in [0.3, 0.4) is 0 Å². The van der Waals surface area contributed by atoms with Gasteiger partial charge in [-0.25, -0.2) is 0 Å². The molecule has 1 aliphatic rings. The third kappa shape index (κ3) is 1.76. The van der Waals surface area contributed by atoms with Gasteiger partial charge in [-0.3, -0.25) is 4.99 Å². The number of ether oxygens (including phenoxy) is 1. The molecule has 0 aromatic heterocycles. The number of allylic oxidation sites excluding steroid dienone is 1. The van der Waals surface area contributed by atoms with Gasteiger partial charge in [0.1, 0.15) is 12.4 Å². The van der Waals surface area contributed by atoms with E-state index < -0.39 is 0 Å². The lowest BCUT2D eigenvalue weighted by atomic mass is 10.1. The summed E-state index contributed by atoms with van der Waals surface area (Å²) in [5, 5.41) is 3.07. The summed E-state index contributed by atoms with van der Waals surface area (Å²) in [7, 11) is 1.66. The van der Waals surface area contributed by atoms with Gasteiger partial charge in [0.2, 0.25) is 0 Å². The number of benzene rings is 1. The molecule has 0 unspecified atom stereocenters. The molecule has 0 saturated carbocycles. The van der Waals surface area contributed by atoms with Crippen molar-refractivity contribution < 1.29 is 4.74 Å². The van der Waals surface area contributed by atoms with Crippen LogP contribution in [-0.2, 0) is 0 Å². The van der Waals surface area contributed by atoms with Gasteiger partial charge >= 0.3 is 0 Å². The quantitative estimate of drug-likeness (QED) is 0.765. The van der Waals surface area contributed by atoms with Crippen LogP contribution >= 0.6 is 0 Å². The first-order valence-electron chi connectivity index (χ1n) is 4.48. The Morgan fingerprint density at radius 1 is 1.29 bits per heavy atom. The zero-order chi connectivity index (χ0) is 9.80. The summed E-state index contributed by atoms with van der Waals surface area (Å²) in [5.74, 6) is 0.870. The molecule has 0 radical (unpaired) electrons. The van der Waals surface area contributed by atoms with Gasteiger partial charge in [0.05, 0.1) is 7.11 Å². The molecule has 0 spiro atoms. The lowest BCUT2D eigenvalue weighted by molar-refractivity contribution is 0.415. The Morgan fingerprint density at radius 3 is 2.64 bits per heavy atom. The van der Waals surface area contributed by atoms with Crippen molar-refractivity contribution in [1.29, 1.82) is 0 Å². The third-order valence-corrected chi connectivity index (χ3v) is 2.09. The van der Waals surface area contributed by atoms with Crippen LogP contribution in [0.4, 0.5) is 0 Å². The van der Waals surface area contributed by atoms with Crippen LogP contribution in [-0.4, -0.2) is 20.0 Å². The first kappa shape index (κ1) is 8.81. The van der Waals surface area contributed by atoms with E-state index in [-0.39, 0.29) is 0 Å². The van der Waals surface area contributed by atoms with Crippen LogP contribution in [0.1, 0.15) is 5.56 Å². The van der Waals surface area contributed by atoms with Gasteiger partial charge in [-0.2, -0.15) is 0 Å². The van der Waals surface area contributed by atoms with Crippen molar-refractivity contribution in [3.05, 3.63) is 36.0 Å². The third-order valence-electron chi connectivity index (χ3n) is 2.09. The van der Waals surface area contributed by atoms with Crippen LogP contribution in [0.15, 0.2) is 35.5 Å². The lowest BCUT2D eigenvalue weighted by Gasteiger charge is -2.08. The van der Waals surface area contributed by atoms with Crippen LogP contribution < -0.4 is 10.1 Å². The van der Waals surface area contributed by atoms with E-state index in [1.165, 1.54) is 0 Å². The minimum atomic E-state index is 0.666. The molecular weight excluding hydrogens is 176 g/mol. The van der Waals surface area contributed by atoms with Crippen molar-refractivity contribution in [1.82, 2.24) is 5.32 Å². The summed E-state index contributed by atoms with van der Waals surface area (Å²) >= 11 is 0. The highest BCUT2D eigenvalue weighted by Crippen LogP contribution is 2.17. The molecule has 0 bridgehead atoms. The number of hydrogen-bond donors (Lipinski definition) is 1. The molecular formula is C11H12N2O. The number of methoxy groups -OCH3 is 1. The van der Waals surface area contributed by atoms with Crippen molar-refractivity contribution in [2.24, 2.45) is 4.99 Å². The number of aliphatic imine (C=N–C) groups is 1. The Kier molecular flexibility index (Phi) is 2.49. The average molecular weight is 188 g/mol. The van der Waals surface area contributed by atoms with E-state index in [4.69, 9.17) is 4.74 Å². The fourth-order valence-corrected chi connectivity index (χ4v) is 1.33. The molecule has 0 amide bonds. The predicted octanol–water partition coefficient (Wildman–Crippen LogP) is 1.67. The van der Waals surface area contributed by atoms with Crippen molar-refractivity contribution in [2.75, 3.05) is 13.8 Å². The van der Waals surface area contributed by atoms with E-state index >= 15 is 0 Å². The summed E-state index contributed by atoms with van der Waals surface area (Å²) in [4.78, 5) is 4.14. The molecule has 1 aromatic rings. The summed E-state index contributed by atoms with van der Waals surface area (Å²) in [6.45, 7) is 0.666. The second-order valence-electron chi connectivity index (χ2n) is 3.00. The first-order valence-corrected chi connectivity index (χ1v) is 4.48. The van der Waals surface area contributed by atoms with Gasteiger partial charge in [-0.1, -0.05) is 12.1 Å². The number of hydrogen-bond acceptors (Lipinski definition) is 3. The van der Waals surface area contributed by atoms with Gasteiger partial charge in [0.25, 0.3) is 0 Å². The molecule has 0 fully saturated rings. The Labute approximate surface area is 83.1 Å². The smallest absolute Gasteiger partial charge is 0.118 e. The van der Waals surface area contributed by atoms with E-state index in [2.05, 4.69) is 10.3 Å². The SMILES string of the molecule is COc1ccc(C2=CNCN=C2)cc1. The highest BCUT2D eigenvalue weighted by molar-refractivity contribution is 6.10. The molecule has 0 saturated heterocycles. The molecule has 0 aliphatic carbocycles.